The van der Waals surface area contributed by atoms with Gasteiger partial charge in [0, 0.05) is 24.2 Å². The first kappa shape index (κ1) is 30.9. The van der Waals surface area contributed by atoms with E-state index in [9.17, 15) is 0 Å². The van der Waals surface area contributed by atoms with Gasteiger partial charge in [-0.1, -0.05) is 6.58 Å². The van der Waals surface area contributed by atoms with E-state index in [-0.39, 0.29) is 16.8 Å². The van der Waals surface area contributed by atoms with Crippen molar-refractivity contribution in [3.05, 3.63) is 84.0 Å². The zero-order valence-corrected chi connectivity index (χ0v) is 27.3. The molecule has 0 atom stereocenters. The molecule has 46 heavy (non-hydrogen) atoms. The minimum absolute atomic E-state index is 0.334. The van der Waals surface area contributed by atoms with Crippen molar-refractivity contribution < 1.29 is 14.2 Å². The third-order valence-corrected chi connectivity index (χ3v) is 7.36. The lowest BCUT2D eigenvalue weighted by molar-refractivity contribution is 0.130. The maximum Gasteiger partial charge on any atom is 0.218 e. The number of pyridine rings is 2. The fourth-order valence-corrected chi connectivity index (χ4v) is 4.86. The standard InChI is InChI=1S/C35H38N8O3/c1-9-24(36-15-21(2)30-39-18-33(3,4)44-30)27-14-28(25-12-10-22(16-37-25)31-40-19-34(5,6)45-31)43-29(42-27)26-13-11-23(17-38-26)32-41-20-35(7,8)46-32/h9-17H,1,18-20H2,2-8H3/b21-15+,36-24?. The number of nitrogens with zero attached hydrogens (tertiary/aromatic N) is 8. The van der Waals surface area contributed by atoms with Gasteiger partial charge in [-0.2, -0.15) is 0 Å². The number of aliphatic imine (C=N–C) groups is 4. The normalized spacial score (nSPS) is 19.8. The molecule has 0 fully saturated rings. The van der Waals surface area contributed by atoms with E-state index in [2.05, 4.69) is 26.5 Å². The average molecular weight is 619 g/mol. The average Bonchev–Trinajstić information content (AvgIpc) is 3.71. The summed E-state index contributed by atoms with van der Waals surface area (Å²) in [5.74, 6) is 2.14. The lowest BCUT2D eigenvalue weighted by Gasteiger charge is -2.17. The van der Waals surface area contributed by atoms with Crippen LogP contribution in [0.1, 0.15) is 65.3 Å². The van der Waals surface area contributed by atoms with E-state index in [0.29, 0.717) is 71.6 Å². The predicted molar refractivity (Wildman–Crippen MR) is 180 cm³/mol. The topological polar surface area (TPSA) is 129 Å². The second-order valence-electron chi connectivity index (χ2n) is 13.3. The van der Waals surface area contributed by atoms with Crippen molar-refractivity contribution in [2.75, 3.05) is 19.6 Å². The summed E-state index contributed by atoms with van der Waals surface area (Å²) >= 11 is 0. The Morgan fingerprint density at radius 2 is 1.30 bits per heavy atom. The van der Waals surface area contributed by atoms with Crippen molar-refractivity contribution >= 4 is 23.4 Å². The lowest BCUT2D eigenvalue weighted by atomic mass is 10.1. The van der Waals surface area contributed by atoms with Crippen molar-refractivity contribution in [3.63, 3.8) is 0 Å². The summed E-state index contributed by atoms with van der Waals surface area (Å²) in [6, 6.07) is 9.43. The van der Waals surface area contributed by atoms with E-state index in [0.717, 1.165) is 16.7 Å². The van der Waals surface area contributed by atoms with E-state index in [1.165, 1.54) is 0 Å². The van der Waals surface area contributed by atoms with Crippen LogP contribution in [0.15, 0.2) is 87.1 Å². The Labute approximate surface area is 269 Å². The number of hydrogen-bond donors (Lipinski definition) is 0. The molecular weight excluding hydrogens is 580 g/mol. The molecule has 0 radical (unpaired) electrons. The highest BCUT2D eigenvalue weighted by molar-refractivity contribution is 6.08. The molecule has 0 unspecified atom stereocenters. The summed E-state index contributed by atoms with van der Waals surface area (Å²) in [5, 5.41) is 0. The summed E-state index contributed by atoms with van der Waals surface area (Å²) in [5.41, 5.74) is 4.29. The van der Waals surface area contributed by atoms with E-state index in [4.69, 9.17) is 34.2 Å². The minimum Gasteiger partial charge on any atom is -0.470 e. The number of rotatable bonds is 8. The molecule has 0 aliphatic carbocycles. The van der Waals surface area contributed by atoms with Crippen LogP contribution < -0.4 is 0 Å². The van der Waals surface area contributed by atoms with Gasteiger partial charge >= 0.3 is 0 Å². The van der Waals surface area contributed by atoms with Gasteiger partial charge in [-0.15, -0.1) is 0 Å². The lowest BCUT2D eigenvalue weighted by Crippen LogP contribution is -2.24. The smallest absolute Gasteiger partial charge is 0.218 e. The Morgan fingerprint density at radius 1 is 0.739 bits per heavy atom. The Morgan fingerprint density at radius 3 is 1.78 bits per heavy atom. The molecule has 236 valence electrons. The molecule has 0 saturated carbocycles. The van der Waals surface area contributed by atoms with Gasteiger partial charge in [0.25, 0.3) is 0 Å². The molecule has 6 heterocycles. The molecule has 0 spiro atoms. The van der Waals surface area contributed by atoms with Crippen LogP contribution in [0.5, 0.6) is 0 Å². The summed E-state index contributed by atoms with van der Waals surface area (Å²) < 4.78 is 17.9. The molecule has 3 aliphatic rings. The van der Waals surface area contributed by atoms with Gasteiger partial charge in [0.05, 0.1) is 53.6 Å². The highest BCUT2D eigenvalue weighted by Crippen LogP contribution is 2.26. The molecule has 6 rings (SSSR count). The van der Waals surface area contributed by atoms with E-state index < -0.39 is 0 Å². The van der Waals surface area contributed by atoms with E-state index >= 15 is 0 Å². The fraction of sp³-hybridized carbons (Fsp3) is 0.371. The van der Waals surface area contributed by atoms with Crippen LogP contribution in [0.2, 0.25) is 0 Å². The van der Waals surface area contributed by atoms with Crippen molar-refractivity contribution in [1.82, 2.24) is 19.9 Å². The maximum atomic E-state index is 5.98. The van der Waals surface area contributed by atoms with Crippen LogP contribution in [-0.4, -0.2) is 79.8 Å². The van der Waals surface area contributed by atoms with Gasteiger partial charge in [-0.3, -0.25) is 15.0 Å². The zero-order valence-electron chi connectivity index (χ0n) is 27.3. The zero-order chi connectivity index (χ0) is 32.7. The van der Waals surface area contributed by atoms with E-state index in [1.54, 1.807) is 24.7 Å². The molecule has 3 aromatic heterocycles. The van der Waals surface area contributed by atoms with Crippen LogP contribution in [0.4, 0.5) is 0 Å². The van der Waals surface area contributed by atoms with Crippen molar-refractivity contribution in [2.45, 2.75) is 65.3 Å². The number of hydrogen-bond acceptors (Lipinski definition) is 11. The van der Waals surface area contributed by atoms with E-state index in [1.807, 2.05) is 78.8 Å². The Kier molecular flexibility index (Phi) is 7.87. The van der Waals surface area contributed by atoms with Gasteiger partial charge in [-0.25, -0.2) is 24.9 Å². The van der Waals surface area contributed by atoms with Gasteiger partial charge in [0.1, 0.15) is 22.5 Å². The Hall–Kier alpha value is -5.06. The van der Waals surface area contributed by atoms with Crippen LogP contribution in [0.25, 0.3) is 22.9 Å². The van der Waals surface area contributed by atoms with Crippen molar-refractivity contribution in [3.8, 4) is 22.9 Å². The van der Waals surface area contributed by atoms with Gasteiger partial charge in [0.2, 0.25) is 17.7 Å². The van der Waals surface area contributed by atoms with Crippen molar-refractivity contribution in [1.29, 1.82) is 0 Å². The predicted octanol–water partition coefficient (Wildman–Crippen LogP) is 5.80. The molecule has 0 aromatic carbocycles. The molecule has 3 aliphatic heterocycles. The first-order chi connectivity index (χ1) is 21.8. The highest BCUT2D eigenvalue weighted by atomic mass is 16.5. The molecule has 11 heteroatoms. The van der Waals surface area contributed by atoms with Gasteiger partial charge < -0.3 is 14.2 Å². The first-order valence-electron chi connectivity index (χ1n) is 15.2. The third-order valence-electron chi connectivity index (χ3n) is 7.36. The molecular formula is C35H38N8O3. The summed E-state index contributed by atoms with van der Waals surface area (Å²) in [7, 11) is 0. The largest absolute Gasteiger partial charge is 0.470 e. The molecule has 0 N–H and O–H groups in total. The van der Waals surface area contributed by atoms with Gasteiger partial charge in [-0.05, 0) is 84.9 Å². The molecule has 0 amide bonds. The number of allylic oxidation sites excluding steroid dienone is 1. The van der Waals surface area contributed by atoms with Crippen molar-refractivity contribution in [2.24, 2.45) is 20.0 Å². The number of ether oxygens (including phenoxy) is 3. The second kappa shape index (κ2) is 11.7. The summed E-state index contributed by atoms with van der Waals surface area (Å²) in [6.45, 7) is 19.7. The molecule has 0 saturated heterocycles. The molecule has 11 nitrogen and oxygen atoms in total. The molecule has 3 aromatic rings. The number of aromatic nitrogens is 4. The third kappa shape index (κ3) is 6.78. The Balaban J connectivity index is 1.36. The van der Waals surface area contributed by atoms with Crippen LogP contribution in [-0.2, 0) is 14.2 Å². The molecule has 0 bridgehead atoms. The first-order valence-corrected chi connectivity index (χ1v) is 15.2. The Bertz CT molecular complexity index is 1740. The van der Waals surface area contributed by atoms with Crippen LogP contribution in [0, 0.1) is 0 Å². The van der Waals surface area contributed by atoms with Crippen LogP contribution in [0.3, 0.4) is 0 Å². The second-order valence-corrected chi connectivity index (χ2v) is 13.3. The summed E-state index contributed by atoms with van der Waals surface area (Å²) in [4.78, 5) is 37.4. The quantitative estimate of drug-likeness (QED) is 0.292. The summed E-state index contributed by atoms with van der Waals surface area (Å²) in [6.07, 6.45) is 6.84. The minimum atomic E-state index is -0.338. The fourth-order valence-electron chi connectivity index (χ4n) is 4.86. The SMILES string of the molecule is C=CC(=N/C=C(\C)C1=NCC(C)(C)O1)c1cc(-c2ccc(C3=NCC(C)(C)O3)cn2)nc(-c2ccc(C3=NCC(C)(C)O3)cn2)n1. The maximum absolute atomic E-state index is 5.98. The van der Waals surface area contributed by atoms with Crippen LogP contribution >= 0.6 is 0 Å². The monoisotopic (exact) mass is 618 g/mol. The van der Waals surface area contributed by atoms with Gasteiger partial charge in [0.15, 0.2) is 5.82 Å². The highest BCUT2D eigenvalue weighted by Gasteiger charge is 2.30.